The molecule has 0 amide bonds. The zero-order valence-electron chi connectivity index (χ0n) is 14.9. The van der Waals surface area contributed by atoms with Gasteiger partial charge in [-0.3, -0.25) is 4.79 Å². The highest BCUT2D eigenvalue weighted by molar-refractivity contribution is 5.91. The molecule has 0 aliphatic rings. The summed E-state index contributed by atoms with van der Waals surface area (Å²) in [5.41, 5.74) is 4.78. The molecule has 22 heavy (non-hydrogen) atoms. The molecule has 0 bridgehead atoms. The molecule has 0 aromatic carbocycles. The first-order chi connectivity index (χ1) is 10.3. The number of allylic oxidation sites excluding steroid dienone is 7. The Balaban J connectivity index is 4.23. The van der Waals surface area contributed by atoms with Crippen LogP contribution in [-0.4, -0.2) is 17.5 Å². The van der Waals surface area contributed by atoms with E-state index in [1.807, 2.05) is 26.8 Å². The third-order valence-corrected chi connectivity index (χ3v) is 3.42. The van der Waals surface area contributed by atoms with Gasteiger partial charge < -0.3 is 5.11 Å². The second-order valence-corrected chi connectivity index (χ2v) is 6.28. The molecule has 0 spiro atoms. The Morgan fingerprint density at radius 2 is 1.41 bits per heavy atom. The number of ketones is 1. The second kappa shape index (κ2) is 12.2. The molecule has 0 rings (SSSR count). The Labute approximate surface area is 136 Å². The van der Waals surface area contributed by atoms with E-state index in [0.29, 0.717) is 6.42 Å². The third kappa shape index (κ3) is 12.3. The van der Waals surface area contributed by atoms with Crippen molar-refractivity contribution < 1.29 is 9.90 Å². The number of carbonyl (C=O) groups is 1. The van der Waals surface area contributed by atoms with Crippen LogP contribution in [-0.2, 0) is 4.79 Å². The Morgan fingerprint density at radius 1 is 0.818 bits per heavy atom. The van der Waals surface area contributed by atoms with Crippen LogP contribution in [0, 0.1) is 0 Å². The van der Waals surface area contributed by atoms with Gasteiger partial charge in [-0.15, -0.1) is 0 Å². The zero-order valence-corrected chi connectivity index (χ0v) is 14.9. The third-order valence-electron chi connectivity index (χ3n) is 3.42. The number of aliphatic hydroxyl groups excluding tert-OH is 1. The highest BCUT2D eigenvalue weighted by Gasteiger charge is 2.01. The van der Waals surface area contributed by atoms with Crippen molar-refractivity contribution in [1.29, 1.82) is 0 Å². The average molecular weight is 304 g/mol. The van der Waals surface area contributed by atoms with Gasteiger partial charge in [0.05, 0.1) is 6.61 Å². The minimum atomic E-state index is 0.101. The highest BCUT2D eigenvalue weighted by atomic mass is 16.2. The van der Waals surface area contributed by atoms with Crippen LogP contribution < -0.4 is 0 Å². The van der Waals surface area contributed by atoms with Gasteiger partial charge in [-0.1, -0.05) is 40.5 Å². The van der Waals surface area contributed by atoms with E-state index in [0.717, 1.165) is 36.8 Å². The second-order valence-electron chi connectivity index (χ2n) is 6.28. The van der Waals surface area contributed by atoms with Crippen molar-refractivity contribution in [2.45, 2.75) is 66.7 Å². The summed E-state index contributed by atoms with van der Waals surface area (Å²) in [6, 6.07) is 0. The van der Waals surface area contributed by atoms with E-state index in [9.17, 15) is 4.79 Å². The van der Waals surface area contributed by atoms with E-state index in [1.54, 1.807) is 6.08 Å². The SMILES string of the molecule is CC(C)=CCCC(C)=CC(=O)C/C(C)=C/CC/C(C)=C/CO. The zero-order chi connectivity index (χ0) is 17.0. The summed E-state index contributed by atoms with van der Waals surface area (Å²) in [4.78, 5) is 12.0. The van der Waals surface area contributed by atoms with E-state index < -0.39 is 0 Å². The van der Waals surface area contributed by atoms with Crippen LogP contribution in [0.1, 0.15) is 66.7 Å². The largest absolute Gasteiger partial charge is 0.392 e. The minimum Gasteiger partial charge on any atom is -0.392 e. The molecule has 0 aromatic rings. The van der Waals surface area contributed by atoms with Gasteiger partial charge in [-0.2, -0.15) is 0 Å². The lowest BCUT2D eigenvalue weighted by Crippen LogP contribution is -1.95. The molecule has 0 aliphatic carbocycles. The summed E-state index contributed by atoms with van der Waals surface area (Å²) < 4.78 is 0. The van der Waals surface area contributed by atoms with Crippen molar-refractivity contribution in [1.82, 2.24) is 0 Å². The summed E-state index contributed by atoms with van der Waals surface area (Å²) >= 11 is 0. The summed E-state index contributed by atoms with van der Waals surface area (Å²) in [5, 5.41) is 8.79. The fourth-order valence-corrected chi connectivity index (χ4v) is 2.14. The summed E-state index contributed by atoms with van der Waals surface area (Å²) in [6.07, 6.45) is 12.2. The molecule has 0 saturated carbocycles. The van der Waals surface area contributed by atoms with E-state index in [2.05, 4.69) is 26.0 Å². The highest BCUT2D eigenvalue weighted by Crippen LogP contribution is 2.11. The molecule has 0 atom stereocenters. The summed E-state index contributed by atoms with van der Waals surface area (Å²) in [5.74, 6) is 0.186. The van der Waals surface area contributed by atoms with Gasteiger partial charge in [0.2, 0.25) is 0 Å². The first-order valence-corrected chi connectivity index (χ1v) is 8.10. The van der Waals surface area contributed by atoms with Crippen molar-refractivity contribution in [3.05, 3.63) is 46.6 Å². The minimum absolute atomic E-state index is 0.101. The lowest BCUT2D eigenvalue weighted by atomic mass is 10.0. The fraction of sp³-hybridized carbons (Fsp3) is 0.550. The van der Waals surface area contributed by atoms with Crippen LogP contribution in [0.2, 0.25) is 0 Å². The molecule has 2 nitrogen and oxygen atoms in total. The molecule has 0 fully saturated rings. The Bertz CT molecular complexity index is 458. The van der Waals surface area contributed by atoms with Crippen molar-refractivity contribution in [3.8, 4) is 0 Å². The van der Waals surface area contributed by atoms with Crippen molar-refractivity contribution in [3.63, 3.8) is 0 Å². The molecule has 2 heteroatoms. The summed E-state index contributed by atoms with van der Waals surface area (Å²) in [7, 11) is 0. The predicted octanol–water partition coefficient (Wildman–Crippen LogP) is 5.30. The fourth-order valence-electron chi connectivity index (χ4n) is 2.14. The van der Waals surface area contributed by atoms with Gasteiger partial charge in [0.25, 0.3) is 0 Å². The molecule has 124 valence electrons. The molecule has 0 radical (unpaired) electrons. The van der Waals surface area contributed by atoms with Crippen LogP contribution in [0.5, 0.6) is 0 Å². The van der Waals surface area contributed by atoms with Crippen molar-refractivity contribution in [2.75, 3.05) is 6.61 Å². The number of hydrogen-bond acceptors (Lipinski definition) is 2. The van der Waals surface area contributed by atoms with Crippen molar-refractivity contribution in [2.24, 2.45) is 0 Å². The van der Waals surface area contributed by atoms with Gasteiger partial charge >= 0.3 is 0 Å². The molecular formula is C20H32O2. The molecule has 0 saturated heterocycles. The lowest BCUT2D eigenvalue weighted by Gasteiger charge is -2.02. The van der Waals surface area contributed by atoms with E-state index in [4.69, 9.17) is 5.11 Å². The molecule has 0 unspecified atom stereocenters. The molecule has 0 aliphatic heterocycles. The van der Waals surface area contributed by atoms with Gasteiger partial charge in [-0.25, -0.2) is 0 Å². The van der Waals surface area contributed by atoms with Crippen LogP contribution >= 0.6 is 0 Å². The molecule has 1 N–H and O–H groups in total. The van der Waals surface area contributed by atoms with Crippen molar-refractivity contribution >= 4 is 5.78 Å². The summed E-state index contributed by atoms with van der Waals surface area (Å²) in [6.45, 7) is 10.3. The molecule has 0 heterocycles. The van der Waals surface area contributed by atoms with E-state index >= 15 is 0 Å². The predicted molar refractivity (Wildman–Crippen MR) is 95.9 cm³/mol. The maximum atomic E-state index is 12.0. The topological polar surface area (TPSA) is 37.3 Å². The Kier molecular flexibility index (Phi) is 11.4. The lowest BCUT2D eigenvalue weighted by molar-refractivity contribution is -0.114. The number of hydrogen-bond donors (Lipinski definition) is 1. The number of rotatable bonds is 10. The van der Waals surface area contributed by atoms with E-state index in [-0.39, 0.29) is 12.4 Å². The maximum absolute atomic E-state index is 12.0. The molecular weight excluding hydrogens is 272 g/mol. The van der Waals surface area contributed by atoms with Gasteiger partial charge in [0.15, 0.2) is 5.78 Å². The van der Waals surface area contributed by atoms with Crippen LogP contribution in [0.25, 0.3) is 0 Å². The first kappa shape index (κ1) is 20.6. The monoisotopic (exact) mass is 304 g/mol. The van der Waals surface area contributed by atoms with Crippen LogP contribution in [0.3, 0.4) is 0 Å². The molecule has 0 aromatic heterocycles. The number of carbonyl (C=O) groups excluding carboxylic acids is 1. The maximum Gasteiger partial charge on any atom is 0.159 e. The Morgan fingerprint density at radius 3 is 2.00 bits per heavy atom. The van der Waals surface area contributed by atoms with Gasteiger partial charge in [-0.05, 0) is 66.4 Å². The smallest absolute Gasteiger partial charge is 0.159 e. The van der Waals surface area contributed by atoms with Gasteiger partial charge in [0.1, 0.15) is 0 Å². The average Bonchev–Trinajstić information content (AvgIpc) is 2.37. The van der Waals surface area contributed by atoms with E-state index in [1.165, 1.54) is 11.1 Å². The van der Waals surface area contributed by atoms with Crippen LogP contribution in [0.4, 0.5) is 0 Å². The Hall–Kier alpha value is -1.41. The standard InChI is InChI=1S/C20H32O2/c1-16(2)8-6-10-18(4)14-20(22)15-19(5)11-7-9-17(3)12-13-21/h8,11-12,14,21H,6-7,9-10,13,15H2,1-5H3/b17-12+,18-14?,19-11+. The first-order valence-electron chi connectivity index (χ1n) is 8.10. The normalized spacial score (nSPS) is 13.3. The number of aliphatic hydroxyl groups is 1. The quantitative estimate of drug-likeness (QED) is 0.439. The van der Waals surface area contributed by atoms with Gasteiger partial charge in [0, 0.05) is 6.42 Å². The van der Waals surface area contributed by atoms with Crippen LogP contribution in [0.15, 0.2) is 46.6 Å².